The number of rotatable bonds is 5. The highest BCUT2D eigenvalue weighted by Crippen LogP contribution is 2.50. The third kappa shape index (κ3) is 5.70. The molecule has 180 valence electrons. The smallest absolute Gasteiger partial charge is 0.0425 e. The lowest BCUT2D eigenvalue weighted by molar-refractivity contribution is 0.181. The number of nitrogens with two attached hydrogens (primary N) is 1. The van der Waals surface area contributed by atoms with E-state index < -0.39 is 0 Å². The average Bonchev–Trinajstić information content (AvgIpc) is 3.03. The van der Waals surface area contributed by atoms with Crippen LogP contribution < -0.4 is 11.1 Å². The number of hydrogen-bond acceptors (Lipinski definition) is 3. The Labute approximate surface area is 210 Å². The van der Waals surface area contributed by atoms with Crippen molar-refractivity contribution in [2.45, 2.75) is 70.6 Å². The van der Waals surface area contributed by atoms with Crippen molar-refractivity contribution in [3.63, 3.8) is 0 Å². The fraction of sp³-hybridized carbons (Fsp3) is 0.500. The van der Waals surface area contributed by atoms with Gasteiger partial charge in [-0.2, -0.15) is 0 Å². The summed E-state index contributed by atoms with van der Waals surface area (Å²) in [6.07, 6.45) is 5.80. The van der Waals surface area contributed by atoms with Crippen LogP contribution >= 0.6 is 23.2 Å². The molecule has 0 amide bonds. The highest BCUT2D eigenvalue weighted by Gasteiger charge is 2.44. The first-order chi connectivity index (χ1) is 15.6. The van der Waals surface area contributed by atoms with Gasteiger partial charge in [0.05, 0.1) is 0 Å². The number of benzene rings is 2. The van der Waals surface area contributed by atoms with Crippen LogP contribution in [-0.4, -0.2) is 24.5 Å². The summed E-state index contributed by atoms with van der Waals surface area (Å²) in [5.74, 6) is 0. The summed E-state index contributed by atoms with van der Waals surface area (Å²) in [6.45, 7) is 16.6. The third-order valence-corrected chi connectivity index (χ3v) is 7.70. The van der Waals surface area contributed by atoms with E-state index in [1.165, 1.54) is 24.2 Å². The number of hydrogen-bond donors (Lipinski definition) is 2. The maximum absolute atomic E-state index is 6.18. The number of halogens is 2. The number of anilines is 2. The van der Waals surface area contributed by atoms with Crippen molar-refractivity contribution in [1.29, 1.82) is 0 Å². The Morgan fingerprint density at radius 1 is 1.03 bits per heavy atom. The number of piperidine rings is 1. The maximum Gasteiger partial charge on any atom is 0.0425 e. The van der Waals surface area contributed by atoms with E-state index in [0.29, 0.717) is 0 Å². The summed E-state index contributed by atoms with van der Waals surface area (Å²) in [5, 5.41) is 5.05. The Balaban J connectivity index is 0.000000196. The molecule has 33 heavy (non-hydrogen) atoms. The molecular formula is C28H39Cl2N3. The van der Waals surface area contributed by atoms with Crippen LogP contribution in [0.4, 0.5) is 11.4 Å². The summed E-state index contributed by atoms with van der Waals surface area (Å²) in [6, 6.07) is 11.9. The molecule has 4 rings (SSSR count). The van der Waals surface area contributed by atoms with E-state index in [9.17, 15) is 0 Å². The van der Waals surface area contributed by atoms with Gasteiger partial charge in [-0.3, -0.25) is 0 Å². The monoisotopic (exact) mass is 487 g/mol. The number of allylic oxidation sites excluding steroid dienone is 1. The van der Waals surface area contributed by atoms with Crippen LogP contribution in [0.2, 0.25) is 10.0 Å². The van der Waals surface area contributed by atoms with Crippen molar-refractivity contribution >= 4 is 34.6 Å². The van der Waals surface area contributed by atoms with Gasteiger partial charge in [0, 0.05) is 32.5 Å². The van der Waals surface area contributed by atoms with E-state index in [1.54, 1.807) is 0 Å². The topological polar surface area (TPSA) is 41.3 Å². The zero-order valence-corrected chi connectivity index (χ0v) is 22.1. The summed E-state index contributed by atoms with van der Waals surface area (Å²) in [5.41, 5.74) is 11.9. The highest BCUT2D eigenvalue weighted by molar-refractivity contribution is 6.31. The molecule has 0 unspecified atom stereocenters. The zero-order valence-electron chi connectivity index (χ0n) is 20.6. The van der Waals surface area contributed by atoms with E-state index >= 15 is 0 Å². The van der Waals surface area contributed by atoms with Gasteiger partial charge in [0.25, 0.3) is 0 Å². The maximum atomic E-state index is 6.18. The summed E-state index contributed by atoms with van der Waals surface area (Å²) in [4.78, 5) is 2.56. The van der Waals surface area contributed by atoms with Gasteiger partial charge in [-0.05, 0) is 98.3 Å². The van der Waals surface area contributed by atoms with Crippen molar-refractivity contribution < 1.29 is 0 Å². The minimum atomic E-state index is 0.102. The van der Waals surface area contributed by atoms with E-state index in [4.69, 9.17) is 28.9 Å². The number of nitrogens with one attached hydrogen (secondary N) is 1. The molecule has 0 radical (unpaired) electrons. The molecule has 2 aliphatic rings. The van der Waals surface area contributed by atoms with Gasteiger partial charge in [0.1, 0.15) is 0 Å². The molecule has 0 bridgehead atoms. The van der Waals surface area contributed by atoms with Crippen molar-refractivity contribution in [2.75, 3.05) is 30.7 Å². The predicted octanol–water partition coefficient (Wildman–Crippen LogP) is 8.02. The Bertz CT molecular complexity index is 975. The lowest BCUT2D eigenvalue weighted by atomic mass is 9.72. The van der Waals surface area contributed by atoms with Gasteiger partial charge in [0.2, 0.25) is 0 Å². The first kappa shape index (κ1) is 25.9. The molecule has 0 saturated carbocycles. The highest BCUT2D eigenvalue weighted by atomic mass is 35.5. The Hall–Kier alpha value is -1.68. The summed E-state index contributed by atoms with van der Waals surface area (Å²) >= 11 is 12.2. The molecule has 2 aromatic carbocycles. The average molecular weight is 489 g/mol. The second kappa shape index (κ2) is 10.7. The third-order valence-electron chi connectivity index (χ3n) is 7.23. The molecule has 0 aromatic heterocycles. The van der Waals surface area contributed by atoms with Crippen LogP contribution in [0.25, 0.3) is 0 Å². The molecule has 2 aliphatic heterocycles. The quantitative estimate of drug-likeness (QED) is 0.419. The molecule has 3 nitrogen and oxygen atoms in total. The predicted molar refractivity (Wildman–Crippen MR) is 146 cm³/mol. The minimum Gasteiger partial charge on any atom is -0.398 e. The molecular weight excluding hydrogens is 449 g/mol. The SMILES string of the molecule is C=C1Nc2ccc(Cl)cc2C12CCN(CCC)CC2.CCCC(C)(C)c1cc(Cl)ccc1N. The molecule has 5 heteroatoms. The van der Waals surface area contributed by atoms with Crippen LogP contribution in [0.15, 0.2) is 48.7 Å². The number of fused-ring (bicyclic) bond motifs is 2. The van der Waals surface area contributed by atoms with E-state index in [2.05, 4.69) is 56.6 Å². The van der Waals surface area contributed by atoms with Gasteiger partial charge in [-0.15, -0.1) is 0 Å². The Kier molecular flexibility index (Phi) is 8.42. The van der Waals surface area contributed by atoms with E-state index in [1.807, 2.05) is 24.3 Å². The fourth-order valence-corrected chi connectivity index (χ4v) is 5.73. The minimum absolute atomic E-state index is 0.102. The lowest BCUT2D eigenvalue weighted by Gasteiger charge is -2.40. The first-order valence-electron chi connectivity index (χ1n) is 12.2. The normalized spacial score (nSPS) is 17.3. The molecule has 2 aromatic rings. The van der Waals surface area contributed by atoms with Gasteiger partial charge in [0.15, 0.2) is 0 Å². The van der Waals surface area contributed by atoms with Gasteiger partial charge >= 0.3 is 0 Å². The van der Waals surface area contributed by atoms with Crippen molar-refractivity contribution in [3.05, 3.63) is 69.8 Å². The summed E-state index contributed by atoms with van der Waals surface area (Å²) in [7, 11) is 0. The van der Waals surface area contributed by atoms with Gasteiger partial charge < -0.3 is 16.0 Å². The second-order valence-corrected chi connectivity index (χ2v) is 11.0. The van der Waals surface area contributed by atoms with E-state index in [-0.39, 0.29) is 10.8 Å². The summed E-state index contributed by atoms with van der Waals surface area (Å²) < 4.78 is 0. The number of nitrogen functional groups attached to an aromatic ring is 1. The van der Waals surface area contributed by atoms with Crippen molar-refractivity contribution in [3.8, 4) is 0 Å². The largest absolute Gasteiger partial charge is 0.398 e. The van der Waals surface area contributed by atoms with Gasteiger partial charge in [-0.1, -0.05) is 63.9 Å². The zero-order chi connectivity index (χ0) is 24.2. The number of nitrogens with zero attached hydrogens (tertiary/aromatic N) is 1. The molecule has 0 aliphatic carbocycles. The standard InChI is InChI=1S/C16H21ClN2.C12H18ClN/c1-3-8-19-9-6-16(7-10-19)12(2)18-15-5-4-13(17)11-14(15)16;1-4-7-12(2,3)10-8-9(13)5-6-11(10)14/h4-5,11,18H,2-3,6-10H2,1H3;5-6,8H,4,7,14H2,1-3H3. The van der Waals surface area contributed by atoms with Crippen LogP contribution in [-0.2, 0) is 10.8 Å². The van der Waals surface area contributed by atoms with Crippen LogP contribution in [0.1, 0.15) is 70.9 Å². The molecule has 1 saturated heterocycles. The number of likely N-dealkylation sites (tertiary alicyclic amines) is 1. The molecule has 1 spiro atoms. The fourth-order valence-electron chi connectivity index (χ4n) is 5.39. The van der Waals surface area contributed by atoms with E-state index in [0.717, 1.165) is 65.8 Å². The molecule has 2 heterocycles. The second-order valence-electron chi connectivity index (χ2n) is 10.1. The van der Waals surface area contributed by atoms with Crippen molar-refractivity contribution in [2.24, 2.45) is 0 Å². The lowest BCUT2D eigenvalue weighted by Crippen LogP contribution is -2.42. The van der Waals surface area contributed by atoms with Crippen LogP contribution in [0.5, 0.6) is 0 Å². The van der Waals surface area contributed by atoms with Crippen LogP contribution in [0.3, 0.4) is 0 Å². The molecule has 0 atom stereocenters. The van der Waals surface area contributed by atoms with Crippen LogP contribution in [0, 0.1) is 0 Å². The molecule has 1 fully saturated rings. The first-order valence-corrected chi connectivity index (χ1v) is 12.9. The van der Waals surface area contributed by atoms with Gasteiger partial charge in [-0.25, -0.2) is 0 Å². The van der Waals surface area contributed by atoms with Crippen molar-refractivity contribution in [1.82, 2.24) is 4.90 Å². The Morgan fingerprint density at radius 2 is 1.67 bits per heavy atom. The Morgan fingerprint density at radius 3 is 2.30 bits per heavy atom. The molecule has 3 N–H and O–H groups in total.